The highest BCUT2D eigenvalue weighted by molar-refractivity contribution is 5.77. The monoisotopic (exact) mass is 928 g/mol. The summed E-state index contributed by atoms with van der Waals surface area (Å²) in [5.41, 5.74) is 7.08. The molecule has 69 heavy (non-hydrogen) atoms. The molecule has 0 spiro atoms. The number of aryl methyl sites for hydroxylation is 3. The second-order valence-electron chi connectivity index (χ2n) is 19.0. The Morgan fingerprint density at radius 2 is 0.725 bits per heavy atom. The number of hydrogen-bond donors (Lipinski definition) is 3. The van der Waals surface area contributed by atoms with E-state index in [1.807, 2.05) is 109 Å². The summed E-state index contributed by atoms with van der Waals surface area (Å²) < 4.78 is 0. The van der Waals surface area contributed by atoms with E-state index in [1.54, 1.807) is 0 Å². The Morgan fingerprint density at radius 1 is 0.391 bits per heavy atom. The third-order valence-corrected chi connectivity index (χ3v) is 14.1. The number of rotatable bonds is 15. The second-order valence-corrected chi connectivity index (χ2v) is 19.0. The molecule has 3 N–H and O–H groups in total. The number of hydroxylamine groups is 6. The van der Waals surface area contributed by atoms with E-state index in [2.05, 4.69) is 72.8 Å². The summed E-state index contributed by atoms with van der Waals surface area (Å²) in [7, 11) is 0. The van der Waals surface area contributed by atoms with E-state index in [1.165, 1.54) is 16.7 Å². The first-order valence-electron chi connectivity index (χ1n) is 25.0. The maximum Gasteiger partial charge on any atom is 0.246 e. The van der Waals surface area contributed by atoms with Gasteiger partial charge in [-0.05, 0) is 128 Å². The molecule has 3 fully saturated rings. The van der Waals surface area contributed by atoms with Crippen molar-refractivity contribution in [3.05, 3.63) is 215 Å². The van der Waals surface area contributed by atoms with Gasteiger partial charge in [0.1, 0.15) is 0 Å². The van der Waals surface area contributed by atoms with Crippen molar-refractivity contribution in [2.75, 3.05) is 0 Å². The van der Waals surface area contributed by atoms with Crippen molar-refractivity contribution in [2.45, 2.75) is 114 Å². The summed E-state index contributed by atoms with van der Waals surface area (Å²) >= 11 is 0. The minimum atomic E-state index is -0.215. The van der Waals surface area contributed by atoms with Gasteiger partial charge >= 0.3 is 0 Å². The average molecular weight is 928 g/mol. The number of amides is 3. The average Bonchev–Trinajstić information content (AvgIpc) is 3.39. The highest BCUT2D eigenvalue weighted by atomic mass is 16.5. The van der Waals surface area contributed by atoms with Gasteiger partial charge in [0.15, 0.2) is 0 Å². The molecule has 3 amide bonds. The Morgan fingerprint density at radius 3 is 1.10 bits per heavy atom. The molecular weight excluding hydrogens is 859 g/mol. The van der Waals surface area contributed by atoms with Crippen LogP contribution in [0.1, 0.15) is 129 Å². The van der Waals surface area contributed by atoms with Crippen LogP contribution in [-0.4, -0.2) is 48.5 Å². The number of piperidine rings is 3. The molecule has 3 saturated heterocycles. The van der Waals surface area contributed by atoms with Gasteiger partial charge in [0.2, 0.25) is 17.7 Å². The van der Waals surface area contributed by atoms with Gasteiger partial charge in [0, 0.05) is 19.3 Å². The van der Waals surface area contributed by atoms with Crippen LogP contribution in [0.5, 0.6) is 0 Å². The highest BCUT2D eigenvalue weighted by Gasteiger charge is 2.37. The largest absolute Gasteiger partial charge is 0.285 e. The van der Waals surface area contributed by atoms with Gasteiger partial charge in [0.05, 0.1) is 18.1 Å². The number of hydrogen-bond acceptors (Lipinski definition) is 6. The lowest BCUT2D eigenvalue weighted by Crippen LogP contribution is -2.40. The Labute approximate surface area is 408 Å². The smallest absolute Gasteiger partial charge is 0.246 e. The lowest BCUT2D eigenvalue weighted by Gasteiger charge is -2.37. The molecule has 6 atom stereocenters. The van der Waals surface area contributed by atoms with Crippen molar-refractivity contribution >= 4 is 17.7 Å². The molecule has 6 aromatic rings. The van der Waals surface area contributed by atoms with Crippen LogP contribution >= 0.6 is 0 Å². The molecule has 0 aromatic heterocycles. The Kier molecular flexibility index (Phi) is 19.3. The highest BCUT2D eigenvalue weighted by Crippen LogP contribution is 2.39. The van der Waals surface area contributed by atoms with Crippen molar-refractivity contribution in [3.8, 4) is 0 Å². The first-order chi connectivity index (χ1) is 33.7. The zero-order valence-electron chi connectivity index (χ0n) is 39.8. The summed E-state index contributed by atoms with van der Waals surface area (Å²) in [6.07, 6.45) is 13.3. The molecule has 360 valence electrons. The fourth-order valence-corrected chi connectivity index (χ4v) is 10.4. The first-order valence-corrected chi connectivity index (χ1v) is 25.0. The van der Waals surface area contributed by atoms with Crippen LogP contribution < -0.4 is 0 Å². The van der Waals surface area contributed by atoms with E-state index in [-0.39, 0.29) is 35.8 Å². The van der Waals surface area contributed by atoms with Crippen molar-refractivity contribution in [1.82, 2.24) is 15.2 Å². The molecule has 3 heterocycles. The molecule has 2 unspecified atom stereocenters. The van der Waals surface area contributed by atoms with E-state index in [9.17, 15) is 30.0 Å². The zero-order chi connectivity index (χ0) is 48.2. The number of benzene rings is 6. The van der Waals surface area contributed by atoms with Crippen LogP contribution in [0.2, 0.25) is 0 Å². The molecule has 9 heteroatoms. The fourth-order valence-electron chi connectivity index (χ4n) is 10.4. The summed E-state index contributed by atoms with van der Waals surface area (Å²) in [6, 6.07) is 60.2. The summed E-state index contributed by atoms with van der Waals surface area (Å²) in [6.45, 7) is 0. The SMILES string of the molecule is O=C1CCC(CCCc2ccccc2)C(c2ccccc2)N1O.O=C1C[C@@H](CCCc2ccccc2)C[C@@H](c2ccccc2)N1O.O=C1C[C@@H](CCCc2ccccc2)C[C@H](c2ccccc2)N1O. The van der Waals surface area contributed by atoms with Gasteiger partial charge in [-0.25, -0.2) is 15.2 Å². The van der Waals surface area contributed by atoms with Crippen molar-refractivity contribution in [3.63, 3.8) is 0 Å². The summed E-state index contributed by atoms with van der Waals surface area (Å²) in [5.74, 6) is 0.520. The second kappa shape index (κ2) is 26.4. The van der Waals surface area contributed by atoms with Crippen LogP contribution in [0.25, 0.3) is 0 Å². The normalized spacial score (nSPS) is 21.4. The quantitative estimate of drug-likeness (QED) is 0.0882. The maximum atomic E-state index is 12.1. The molecule has 6 aromatic carbocycles. The van der Waals surface area contributed by atoms with Gasteiger partial charge in [0.25, 0.3) is 0 Å². The molecule has 3 aliphatic rings. The van der Waals surface area contributed by atoms with Crippen LogP contribution in [0.15, 0.2) is 182 Å². The zero-order valence-corrected chi connectivity index (χ0v) is 39.8. The van der Waals surface area contributed by atoms with Crippen LogP contribution in [0.3, 0.4) is 0 Å². The van der Waals surface area contributed by atoms with Crippen molar-refractivity contribution < 1.29 is 30.0 Å². The number of carbonyl (C=O) groups excluding carboxylic acids is 3. The van der Waals surface area contributed by atoms with Gasteiger partial charge < -0.3 is 0 Å². The van der Waals surface area contributed by atoms with Crippen molar-refractivity contribution in [2.24, 2.45) is 17.8 Å². The summed E-state index contributed by atoms with van der Waals surface area (Å²) in [5, 5.41) is 33.3. The van der Waals surface area contributed by atoms with Crippen LogP contribution in [-0.2, 0) is 33.6 Å². The van der Waals surface area contributed by atoms with E-state index >= 15 is 0 Å². The molecule has 9 nitrogen and oxygen atoms in total. The van der Waals surface area contributed by atoms with E-state index in [4.69, 9.17) is 0 Å². The Hall–Kier alpha value is -6.39. The van der Waals surface area contributed by atoms with Gasteiger partial charge in [-0.1, -0.05) is 182 Å². The molecule has 0 aliphatic carbocycles. The Bertz CT molecular complexity index is 2310. The molecule has 3 aliphatic heterocycles. The predicted molar refractivity (Wildman–Crippen MR) is 270 cm³/mol. The third-order valence-electron chi connectivity index (χ3n) is 14.1. The first kappa shape index (κ1) is 50.5. The number of nitrogens with zero attached hydrogens (tertiary/aromatic N) is 3. The van der Waals surface area contributed by atoms with E-state index in [0.29, 0.717) is 37.0 Å². The predicted octanol–water partition coefficient (Wildman–Crippen LogP) is 13.1. The lowest BCUT2D eigenvalue weighted by atomic mass is 9.82. The fraction of sp³-hybridized carbons (Fsp3) is 0.350. The van der Waals surface area contributed by atoms with Gasteiger partial charge in [-0.3, -0.25) is 30.0 Å². The third kappa shape index (κ3) is 15.0. The topological polar surface area (TPSA) is 122 Å². The Balaban J connectivity index is 0.000000153. The minimum absolute atomic E-state index is 0.158. The molecule has 0 bridgehead atoms. The molecule has 0 radical (unpaired) electrons. The minimum Gasteiger partial charge on any atom is -0.285 e. The van der Waals surface area contributed by atoms with Crippen LogP contribution in [0, 0.1) is 17.8 Å². The van der Waals surface area contributed by atoms with E-state index < -0.39 is 0 Å². The lowest BCUT2D eigenvalue weighted by molar-refractivity contribution is -0.190. The molecule has 0 saturated carbocycles. The van der Waals surface area contributed by atoms with Crippen molar-refractivity contribution in [1.29, 1.82) is 0 Å². The summed E-state index contributed by atoms with van der Waals surface area (Å²) in [4.78, 5) is 36.1. The van der Waals surface area contributed by atoms with Crippen LogP contribution in [0.4, 0.5) is 0 Å². The van der Waals surface area contributed by atoms with Gasteiger partial charge in [-0.15, -0.1) is 0 Å². The molecule has 9 rings (SSSR count). The number of carbonyl (C=O) groups is 3. The van der Waals surface area contributed by atoms with E-state index in [0.717, 1.165) is 109 Å². The maximum absolute atomic E-state index is 12.1. The van der Waals surface area contributed by atoms with Gasteiger partial charge in [-0.2, -0.15) is 0 Å². The molecular formula is C60H69N3O6. The standard InChI is InChI=1S/3C20H23NO2/c2*22-20-15-17(11-7-10-16-8-3-1-4-9-16)14-19(21(20)23)18-12-5-2-6-13-18;22-19-15-14-18(13-7-10-16-8-3-1-4-9-16)20(21(19)23)17-11-5-2-6-12-17/h2*1-6,8-9,12-13,17,19,23H,7,10-11,14-15H2;1-6,8-9,11-12,18,20,23H,7,10,13-15H2/t17-,19+;17-,19-;/m00./s1.